The number of nitrogens with zero attached hydrogens (tertiary/aromatic N) is 1. The first-order valence-electron chi connectivity index (χ1n) is 7.18. The first-order valence-corrected chi connectivity index (χ1v) is 7.18. The van der Waals surface area contributed by atoms with Crippen molar-refractivity contribution in [3.63, 3.8) is 0 Å². The standard InChI is InChI=1S/C17H20N2O2/c1-14-8-7-11-16(20)19(14)13-6-5-12-18-17(21)15-9-3-2-4-10-15/h2-4,7-11H,5-6,12-13H2,1H3,(H,18,21). The molecule has 110 valence electrons. The molecule has 0 atom stereocenters. The minimum Gasteiger partial charge on any atom is -0.352 e. The minimum atomic E-state index is -0.0522. The summed E-state index contributed by atoms with van der Waals surface area (Å²) in [4.78, 5) is 23.5. The lowest BCUT2D eigenvalue weighted by molar-refractivity contribution is 0.0953. The minimum absolute atomic E-state index is 0.0309. The molecule has 21 heavy (non-hydrogen) atoms. The van der Waals surface area contributed by atoms with E-state index in [1.807, 2.05) is 31.2 Å². The van der Waals surface area contributed by atoms with E-state index < -0.39 is 0 Å². The first kappa shape index (κ1) is 15.0. The molecule has 0 spiro atoms. The molecule has 1 heterocycles. The van der Waals surface area contributed by atoms with Crippen LogP contribution in [0.15, 0.2) is 53.3 Å². The Kier molecular flexibility index (Phi) is 5.32. The lowest BCUT2D eigenvalue weighted by Crippen LogP contribution is -2.25. The fourth-order valence-electron chi connectivity index (χ4n) is 2.20. The summed E-state index contributed by atoms with van der Waals surface area (Å²) < 4.78 is 1.76. The van der Waals surface area contributed by atoms with Gasteiger partial charge in [-0.05, 0) is 38.0 Å². The summed E-state index contributed by atoms with van der Waals surface area (Å²) in [5, 5.41) is 2.89. The van der Waals surface area contributed by atoms with Crippen molar-refractivity contribution in [2.24, 2.45) is 0 Å². The molecule has 0 unspecified atom stereocenters. The Morgan fingerprint density at radius 2 is 1.81 bits per heavy atom. The van der Waals surface area contributed by atoms with E-state index in [1.54, 1.807) is 28.8 Å². The molecule has 0 saturated heterocycles. The number of hydrogen-bond donors (Lipinski definition) is 1. The van der Waals surface area contributed by atoms with Crippen LogP contribution in [-0.4, -0.2) is 17.0 Å². The summed E-state index contributed by atoms with van der Waals surface area (Å²) in [5.41, 5.74) is 1.67. The molecule has 0 fully saturated rings. The number of nitrogens with one attached hydrogen (secondary N) is 1. The number of aromatic nitrogens is 1. The average molecular weight is 284 g/mol. The van der Waals surface area contributed by atoms with Crippen LogP contribution in [0.4, 0.5) is 0 Å². The monoisotopic (exact) mass is 284 g/mol. The zero-order chi connectivity index (χ0) is 15.1. The number of pyridine rings is 1. The molecule has 0 saturated carbocycles. The molecule has 1 aromatic carbocycles. The second-order valence-electron chi connectivity index (χ2n) is 4.99. The second kappa shape index (κ2) is 7.43. The third-order valence-electron chi connectivity index (χ3n) is 3.40. The molecule has 0 aliphatic carbocycles. The predicted octanol–water partition coefficient (Wildman–Crippen LogP) is 2.37. The molecule has 0 aliphatic rings. The molecule has 2 rings (SSSR count). The van der Waals surface area contributed by atoms with Crippen molar-refractivity contribution in [1.29, 1.82) is 0 Å². The number of carbonyl (C=O) groups excluding carboxylic acids is 1. The van der Waals surface area contributed by atoms with E-state index in [-0.39, 0.29) is 11.5 Å². The Hall–Kier alpha value is -2.36. The smallest absolute Gasteiger partial charge is 0.251 e. The van der Waals surface area contributed by atoms with Crippen molar-refractivity contribution in [2.75, 3.05) is 6.54 Å². The molecule has 0 bridgehead atoms. The Labute approximate surface area is 124 Å². The van der Waals surface area contributed by atoms with E-state index in [1.165, 1.54) is 0 Å². The van der Waals surface area contributed by atoms with Crippen LogP contribution in [0.2, 0.25) is 0 Å². The van der Waals surface area contributed by atoms with E-state index in [9.17, 15) is 9.59 Å². The zero-order valence-corrected chi connectivity index (χ0v) is 12.2. The van der Waals surface area contributed by atoms with Crippen LogP contribution in [0, 0.1) is 6.92 Å². The highest BCUT2D eigenvalue weighted by Crippen LogP contribution is 2.00. The topological polar surface area (TPSA) is 51.1 Å². The van der Waals surface area contributed by atoms with Crippen molar-refractivity contribution in [2.45, 2.75) is 26.3 Å². The SMILES string of the molecule is Cc1cccc(=O)n1CCCCNC(=O)c1ccccc1. The van der Waals surface area contributed by atoms with Crippen molar-refractivity contribution in [3.05, 3.63) is 70.1 Å². The van der Waals surface area contributed by atoms with Gasteiger partial charge in [0, 0.05) is 30.4 Å². The Balaban J connectivity index is 1.73. The number of carbonyl (C=O) groups is 1. The first-order chi connectivity index (χ1) is 10.2. The van der Waals surface area contributed by atoms with Gasteiger partial charge < -0.3 is 9.88 Å². The summed E-state index contributed by atoms with van der Waals surface area (Å²) in [6.07, 6.45) is 1.71. The summed E-state index contributed by atoms with van der Waals surface area (Å²) in [7, 11) is 0. The molecule has 1 amide bonds. The van der Waals surface area contributed by atoms with E-state index in [2.05, 4.69) is 5.32 Å². The highest BCUT2D eigenvalue weighted by atomic mass is 16.1. The number of benzene rings is 1. The Bertz CT molecular complexity index is 647. The number of hydrogen-bond acceptors (Lipinski definition) is 2. The van der Waals surface area contributed by atoms with Crippen molar-refractivity contribution < 1.29 is 4.79 Å². The Morgan fingerprint density at radius 3 is 2.52 bits per heavy atom. The maximum absolute atomic E-state index is 11.8. The third kappa shape index (κ3) is 4.31. The predicted molar refractivity (Wildman–Crippen MR) is 83.4 cm³/mol. The van der Waals surface area contributed by atoms with Crippen molar-refractivity contribution >= 4 is 5.91 Å². The molecule has 2 aromatic rings. The molecule has 0 radical (unpaired) electrons. The van der Waals surface area contributed by atoms with Gasteiger partial charge in [0.15, 0.2) is 0 Å². The van der Waals surface area contributed by atoms with E-state index in [0.717, 1.165) is 18.5 Å². The number of unbranched alkanes of at least 4 members (excludes halogenated alkanes) is 1. The molecule has 1 aromatic heterocycles. The number of amides is 1. The van der Waals surface area contributed by atoms with Gasteiger partial charge >= 0.3 is 0 Å². The van der Waals surface area contributed by atoms with Crippen LogP contribution in [0.1, 0.15) is 28.9 Å². The molecule has 1 N–H and O–H groups in total. The van der Waals surface area contributed by atoms with Gasteiger partial charge in [-0.3, -0.25) is 9.59 Å². The van der Waals surface area contributed by atoms with Gasteiger partial charge in [-0.25, -0.2) is 0 Å². The summed E-state index contributed by atoms with van der Waals surface area (Å²) in [5.74, 6) is -0.0522. The van der Waals surface area contributed by atoms with Crippen molar-refractivity contribution in [3.8, 4) is 0 Å². The number of rotatable bonds is 6. The fraction of sp³-hybridized carbons (Fsp3) is 0.294. The maximum Gasteiger partial charge on any atom is 0.251 e. The largest absolute Gasteiger partial charge is 0.352 e. The summed E-state index contributed by atoms with van der Waals surface area (Å²) in [6, 6.07) is 14.4. The quantitative estimate of drug-likeness (QED) is 0.828. The third-order valence-corrected chi connectivity index (χ3v) is 3.40. The van der Waals surface area contributed by atoms with E-state index in [4.69, 9.17) is 0 Å². The zero-order valence-electron chi connectivity index (χ0n) is 12.2. The van der Waals surface area contributed by atoms with Crippen molar-refractivity contribution in [1.82, 2.24) is 9.88 Å². The van der Waals surface area contributed by atoms with E-state index in [0.29, 0.717) is 18.7 Å². The van der Waals surface area contributed by atoms with Gasteiger partial charge in [0.25, 0.3) is 11.5 Å². The summed E-state index contributed by atoms with van der Waals surface area (Å²) in [6.45, 7) is 3.24. The fourth-order valence-corrected chi connectivity index (χ4v) is 2.20. The molecular formula is C17H20N2O2. The van der Waals surface area contributed by atoms with Crippen LogP contribution < -0.4 is 10.9 Å². The highest BCUT2D eigenvalue weighted by molar-refractivity contribution is 5.94. The molecule has 4 nitrogen and oxygen atoms in total. The lowest BCUT2D eigenvalue weighted by Gasteiger charge is -2.09. The van der Waals surface area contributed by atoms with Gasteiger partial charge in [0.1, 0.15) is 0 Å². The van der Waals surface area contributed by atoms with Crippen LogP contribution in [-0.2, 0) is 6.54 Å². The van der Waals surface area contributed by atoms with Crippen LogP contribution in [0.25, 0.3) is 0 Å². The van der Waals surface area contributed by atoms with Gasteiger partial charge in [-0.1, -0.05) is 24.3 Å². The molecule has 4 heteroatoms. The summed E-state index contributed by atoms with van der Waals surface area (Å²) >= 11 is 0. The van der Waals surface area contributed by atoms with Gasteiger partial charge in [-0.15, -0.1) is 0 Å². The Morgan fingerprint density at radius 1 is 1.05 bits per heavy atom. The van der Waals surface area contributed by atoms with Crippen LogP contribution in [0.5, 0.6) is 0 Å². The van der Waals surface area contributed by atoms with Crippen LogP contribution in [0.3, 0.4) is 0 Å². The lowest BCUT2D eigenvalue weighted by atomic mass is 10.2. The van der Waals surface area contributed by atoms with E-state index >= 15 is 0 Å². The molecular weight excluding hydrogens is 264 g/mol. The highest BCUT2D eigenvalue weighted by Gasteiger charge is 2.03. The normalized spacial score (nSPS) is 10.3. The van der Waals surface area contributed by atoms with Gasteiger partial charge in [-0.2, -0.15) is 0 Å². The second-order valence-corrected chi connectivity index (χ2v) is 4.99. The average Bonchev–Trinajstić information content (AvgIpc) is 2.50. The van der Waals surface area contributed by atoms with Gasteiger partial charge in [0.05, 0.1) is 0 Å². The maximum atomic E-state index is 11.8. The van der Waals surface area contributed by atoms with Gasteiger partial charge in [0.2, 0.25) is 0 Å². The number of aryl methyl sites for hydroxylation is 1. The van der Waals surface area contributed by atoms with Crippen LogP contribution >= 0.6 is 0 Å². The molecule has 0 aliphatic heterocycles.